The van der Waals surface area contributed by atoms with Crippen molar-refractivity contribution in [2.75, 3.05) is 17.7 Å². The fraction of sp³-hybridized carbons (Fsp3) is 0.357. The molecule has 0 spiro atoms. The number of aliphatic hydroxyl groups is 1. The predicted molar refractivity (Wildman–Crippen MR) is 146 cm³/mol. The van der Waals surface area contributed by atoms with Gasteiger partial charge in [-0.15, -0.1) is 0 Å². The van der Waals surface area contributed by atoms with Gasteiger partial charge in [-0.3, -0.25) is 0 Å². The van der Waals surface area contributed by atoms with E-state index in [0.29, 0.717) is 34.9 Å². The molecule has 0 bridgehead atoms. The normalized spacial score (nSPS) is 23.3. The second kappa shape index (κ2) is 9.49. The maximum absolute atomic E-state index is 15.6. The SMILES string of the molecule is Nc1ncnc2c1c(-n1cccn1)cn2C1CC(COc2ccc3ccc(NC4CCC4)nc3c2)C(O)C1F. The maximum Gasteiger partial charge on any atom is 0.148 e. The van der Waals surface area contributed by atoms with Gasteiger partial charge in [0.05, 0.1) is 35.3 Å². The third-order valence-electron chi connectivity index (χ3n) is 8.03. The third kappa shape index (κ3) is 4.22. The fourth-order valence-corrected chi connectivity index (χ4v) is 5.66. The van der Waals surface area contributed by atoms with E-state index in [9.17, 15) is 5.11 Å². The van der Waals surface area contributed by atoms with Crippen LogP contribution in [0.1, 0.15) is 31.7 Å². The molecule has 4 unspecified atom stereocenters. The van der Waals surface area contributed by atoms with Crippen LogP contribution in [0.25, 0.3) is 27.6 Å². The number of aliphatic hydroxyl groups excluding tert-OH is 1. The number of anilines is 2. The average molecular weight is 529 g/mol. The van der Waals surface area contributed by atoms with E-state index in [1.165, 1.54) is 25.6 Å². The predicted octanol–water partition coefficient (Wildman–Crippen LogP) is 4.05. The quantitative estimate of drug-likeness (QED) is 0.289. The molecule has 0 amide bonds. The molecule has 39 heavy (non-hydrogen) atoms. The van der Waals surface area contributed by atoms with Crippen molar-refractivity contribution >= 4 is 33.6 Å². The fourth-order valence-electron chi connectivity index (χ4n) is 5.66. The van der Waals surface area contributed by atoms with Gasteiger partial charge in [0.2, 0.25) is 0 Å². The van der Waals surface area contributed by atoms with E-state index in [1.807, 2.05) is 30.3 Å². The lowest BCUT2D eigenvalue weighted by atomic mass is 9.93. The number of hydrogen-bond donors (Lipinski definition) is 3. The first-order chi connectivity index (χ1) is 19.0. The molecular formula is C28H29FN8O2. The first-order valence-electron chi connectivity index (χ1n) is 13.3. The zero-order valence-corrected chi connectivity index (χ0v) is 21.2. The molecule has 10 nitrogen and oxygen atoms in total. The summed E-state index contributed by atoms with van der Waals surface area (Å²) < 4.78 is 25.0. The minimum atomic E-state index is -1.51. The Hall–Kier alpha value is -4.25. The van der Waals surface area contributed by atoms with Crippen molar-refractivity contribution in [3.63, 3.8) is 0 Å². The summed E-state index contributed by atoms with van der Waals surface area (Å²) in [5.41, 5.74) is 8.17. The number of benzene rings is 1. The van der Waals surface area contributed by atoms with Gasteiger partial charge in [0.15, 0.2) is 0 Å². The van der Waals surface area contributed by atoms with Gasteiger partial charge in [0.1, 0.15) is 35.5 Å². The van der Waals surface area contributed by atoms with Crippen molar-refractivity contribution in [3.05, 3.63) is 61.3 Å². The van der Waals surface area contributed by atoms with Gasteiger partial charge in [0, 0.05) is 42.0 Å². The minimum absolute atomic E-state index is 0.173. The van der Waals surface area contributed by atoms with Crippen LogP contribution < -0.4 is 15.8 Å². The van der Waals surface area contributed by atoms with Gasteiger partial charge in [-0.2, -0.15) is 5.10 Å². The van der Waals surface area contributed by atoms with Crippen LogP contribution in [0.15, 0.2) is 61.3 Å². The van der Waals surface area contributed by atoms with Gasteiger partial charge >= 0.3 is 0 Å². The topological polar surface area (TPSA) is 129 Å². The van der Waals surface area contributed by atoms with Gasteiger partial charge in [0.25, 0.3) is 0 Å². The lowest BCUT2D eigenvalue weighted by molar-refractivity contribution is 0.0441. The molecule has 11 heteroatoms. The van der Waals surface area contributed by atoms with Gasteiger partial charge in [-0.05, 0) is 56.0 Å². The molecule has 2 fully saturated rings. The van der Waals surface area contributed by atoms with Crippen LogP contribution in [0.3, 0.4) is 0 Å². The zero-order chi connectivity index (χ0) is 26.5. The summed E-state index contributed by atoms with van der Waals surface area (Å²) >= 11 is 0. The summed E-state index contributed by atoms with van der Waals surface area (Å²) in [5, 5.41) is 20.2. The number of nitrogens with two attached hydrogens (primary N) is 1. The molecule has 200 valence electrons. The van der Waals surface area contributed by atoms with Crippen molar-refractivity contribution in [2.24, 2.45) is 5.92 Å². The first kappa shape index (κ1) is 23.8. The Morgan fingerprint density at radius 1 is 1.18 bits per heavy atom. The highest BCUT2D eigenvalue weighted by molar-refractivity contribution is 5.94. The molecule has 2 saturated carbocycles. The van der Waals surface area contributed by atoms with Crippen molar-refractivity contribution in [1.29, 1.82) is 0 Å². The van der Waals surface area contributed by atoms with Crippen molar-refractivity contribution < 1.29 is 14.2 Å². The molecule has 0 aliphatic heterocycles. The largest absolute Gasteiger partial charge is 0.493 e. The highest BCUT2D eigenvalue weighted by atomic mass is 19.1. The zero-order valence-electron chi connectivity index (χ0n) is 21.2. The van der Waals surface area contributed by atoms with Gasteiger partial charge in [-0.1, -0.05) is 0 Å². The Labute approximate surface area is 223 Å². The number of aromatic nitrogens is 6. The van der Waals surface area contributed by atoms with Gasteiger partial charge in [-0.25, -0.2) is 24.0 Å². The van der Waals surface area contributed by atoms with Crippen LogP contribution in [-0.4, -0.2) is 59.3 Å². The van der Waals surface area contributed by atoms with Crippen molar-refractivity contribution in [2.45, 2.75) is 50.0 Å². The second-order valence-corrected chi connectivity index (χ2v) is 10.5. The lowest BCUT2D eigenvalue weighted by Crippen LogP contribution is -2.28. The Balaban J connectivity index is 1.11. The van der Waals surface area contributed by atoms with E-state index in [2.05, 4.69) is 20.4 Å². The molecule has 5 aromatic rings. The molecule has 1 aromatic carbocycles. The Morgan fingerprint density at radius 2 is 2.05 bits per heavy atom. The van der Waals surface area contributed by atoms with E-state index < -0.39 is 24.2 Å². The summed E-state index contributed by atoms with van der Waals surface area (Å²) in [5.74, 6) is 1.37. The highest BCUT2D eigenvalue weighted by Gasteiger charge is 2.45. The van der Waals surface area contributed by atoms with E-state index in [1.54, 1.807) is 33.9 Å². The second-order valence-electron chi connectivity index (χ2n) is 10.5. The summed E-state index contributed by atoms with van der Waals surface area (Å²) in [7, 11) is 0. The average Bonchev–Trinajstić information content (AvgIpc) is 3.64. The number of fused-ring (bicyclic) bond motifs is 2. The number of rotatable bonds is 7. The summed E-state index contributed by atoms with van der Waals surface area (Å²) in [4.78, 5) is 13.3. The van der Waals surface area contributed by atoms with Crippen molar-refractivity contribution in [3.8, 4) is 11.4 Å². The van der Waals surface area contributed by atoms with E-state index in [4.69, 9.17) is 15.5 Å². The number of hydrogen-bond acceptors (Lipinski definition) is 8. The monoisotopic (exact) mass is 528 g/mol. The number of nitrogens with zero attached hydrogens (tertiary/aromatic N) is 6. The standard InChI is InChI=1S/C28H29FN8O2/c29-25-21(36-13-22(37-10-2-9-33-37)24-27(30)31-15-32-28(24)36)11-17(26(25)38)14-39-19-7-5-16-6-8-23(35-20(16)12-19)34-18-3-1-4-18/h2,5-10,12-13,15,17-18,21,25-26,38H,1,3-4,11,14H2,(H,34,35)(H2,30,31,32). The Kier molecular flexibility index (Phi) is 5.80. The highest BCUT2D eigenvalue weighted by Crippen LogP contribution is 2.41. The van der Waals surface area contributed by atoms with Crippen LogP contribution in [0.4, 0.5) is 16.0 Å². The number of nitrogen functional groups attached to an aromatic ring is 1. The minimum Gasteiger partial charge on any atom is -0.493 e. The van der Waals surface area contributed by atoms with Crippen LogP contribution in [0.5, 0.6) is 5.75 Å². The number of halogens is 1. The number of nitrogens with one attached hydrogen (secondary N) is 1. The van der Waals surface area contributed by atoms with Crippen LogP contribution in [-0.2, 0) is 0 Å². The summed E-state index contributed by atoms with van der Waals surface area (Å²) in [6.07, 6.45) is 7.86. The van der Waals surface area contributed by atoms with Crippen LogP contribution in [0.2, 0.25) is 0 Å². The lowest BCUT2D eigenvalue weighted by Gasteiger charge is -2.26. The number of alkyl halides is 1. The van der Waals surface area contributed by atoms with Crippen LogP contribution in [0, 0.1) is 5.92 Å². The molecule has 2 aliphatic carbocycles. The van der Waals surface area contributed by atoms with Gasteiger partial charge < -0.3 is 25.5 Å². The molecular weight excluding hydrogens is 499 g/mol. The smallest absolute Gasteiger partial charge is 0.148 e. The molecule has 7 rings (SSSR count). The Morgan fingerprint density at radius 3 is 2.85 bits per heavy atom. The molecule has 0 radical (unpaired) electrons. The summed E-state index contributed by atoms with van der Waals surface area (Å²) in [6, 6.07) is 11.4. The number of ether oxygens (including phenoxy) is 1. The van der Waals surface area contributed by atoms with E-state index in [-0.39, 0.29) is 12.4 Å². The molecule has 4 N–H and O–H groups in total. The van der Waals surface area contributed by atoms with Crippen molar-refractivity contribution in [1.82, 2.24) is 29.3 Å². The molecule has 4 aromatic heterocycles. The maximum atomic E-state index is 15.6. The van der Waals surface area contributed by atoms with E-state index in [0.717, 1.165) is 16.7 Å². The first-order valence-corrected chi connectivity index (χ1v) is 13.3. The van der Waals surface area contributed by atoms with Crippen LogP contribution >= 0.6 is 0 Å². The summed E-state index contributed by atoms with van der Waals surface area (Å²) in [6.45, 7) is 0.173. The van der Waals surface area contributed by atoms with E-state index >= 15 is 4.39 Å². The number of pyridine rings is 1. The molecule has 0 saturated heterocycles. The molecule has 4 atom stereocenters. The molecule has 4 heterocycles. The molecule has 2 aliphatic rings. The Bertz CT molecular complexity index is 1630. The third-order valence-corrected chi connectivity index (χ3v) is 8.03.